The molecule has 0 radical (unpaired) electrons. The van der Waals surface area contributed by atoms with Crippen molar-refractivity contribution in [3.05, 3.63) is 22.0 Å². The third kappa shape index (κ3) is 1.21. The number of imidazole rings is 1. The van der Waals surface area contributed by atoms with Crippen LogP contribution in [0, 0.1) is 6.92 Å². The molecule has 0 spiro atoms. The first kappa shape index (κ1) is 9.84. The fourth-order valence-corrected chi connectivity index (χ4v) is 3.64. The molecule has 0 fully saturated rings. The molecule has 0 saturated heterocycles. The molecule has 1 aliphatic carbocycles. The lowest BCUT2D eigenvalue weighted by Crippen LogP contribution is -2.09. The largest absolute Gasteiger partial charge is 0.477 e. The topological polar surface area (TPSA) is 54.6 Å². The van der Waals surface area contributed by atoms with Gasteiger partial charge in [0.1, 0.15) is 0 Å². The van der Waals surface area contributed by atoms with Crippen LogP contribution in [-0.4, -0.2) is 20.5 Å². The summed E-state index contributed by atoms with van der Waals surface area (Å²) in [6.45, 7) is 1.76. The van der Waals surface area contributed by atoms with Gasteiger partial charge in [-0.1, -0.05) is 0 Å². The van der Waals surface area contributed by atoms with Crippen molar-refractivity contribution >= 4 is 22.3 Å². The highest BCUT2D eigenvalue weighted by Gasteiger charge is 2.23. The Balaban J connectivity index is 2.35. The van der Waals surface area contributed by atoms with Gasteiger partial charge in [0.05, 0.1) is 5.69 Å². The lowest BCUT2D eigenvalue weighted by molar-refractivity contribution is 0.0688. The Bertz CT molecular complexity index is 582. The SMILES string of the molecule is Cc1nc2sc3c(n2c1C(=O)O)CCCC3. The van der Waals surface area contributed by atoms with Gasteiger partial charge in [-0.15, -0.1) is 11.3 Å². The van der Waals surface area contributed by atoms with Crippen LogP contribution in [0.15, 0.2) is 0 Å². The minimum absolute atomic E-state index is 0.342. The second kappa shape index (κ2) is 3.31. The van der Waals surface area contributed by atoms with Gasteiger partial charge in [0, 0.05) is 10.6 Å². The highest BCUT2D eigenvalue weighted by Crippen LogP contribution is 2.31. The van der Waals surface area contributed by atoms with Gasteiger partial charge in [-0.2, -0.15) is 0 Å². The van der Waals surface area contributed by atoms with Gasteiger partial charge >= 0.3 is 5.97 Å². The van der Waals surface area contributed by atoms with Crippen molar-refractivity contribution in [3.8, 4) is 0 Å². The van der Waals surface area contributed by atoms with Crippen LogP contribution in [0.2, 0.25) is 0 Å². The van der Waals surface area contributed by atoms with Gasteiger partial charge in [0.2, 0.25) is 0 Å². The van der Waals surface area contributed by atoms with Crippen molar-refractivity contribution < 1.29 is 9.90 Å². The second-order valence-corrected chi connectivity index (χ2v) is 5.21. The van der Waals surface area contributed by atoms with E-state index in [0.717, 1.165) is 24.2 Å². The number of aromatic carboxylic acids is 1. The number of hydrogen-bond donors (Lipinski definition) is 1. The molecule has 4 nitrogen and oxygen atoms in total. The number of rotatable bonds is 1. The Morgan fingerprint density at radius 3 is 2.94 bits per heavy atom. The number of hydrogen-bond acceptors (Lipinski definition) is 3. The first-order valence-electron chi connectivity index (χ1n) is 5.41. The maximum absolute atomic E-state index is 11.2. The van der Waals surface area contributed by atoms with Crippen molar-refractivity contribution in [2.45, 2.75) is 32.6 Å². The predicted molar refractivity (Wildman–Crippen MR) is 61.4 cm³/mol. The minimum Gasteiger partial charge on any atom is -0.477 e. The minimum atomic E-state index is -0.879. The molecule has 5 heteroatoms. The summed E-state index contributed by atoms with van der Waals surface area (Å²) in [5, 5.41) is 9.22. The summed E-state index contributed by atoms with van der Waals surface area (Å²) in [7, 11) is 0. The number of nitrogens with zero attached hydrogens (tertiary/aromatic N) is 2. The van der Waals surface area contributed by atoms with Gasteiger partial charge in [0.15, 0.2) is 10.7 Å². The summed E-state index contributed by atoms with van der Waals surface area (Å²) in [6.07, 6.45) is 4.40. The molecule has 16 heavy (non-hydrogen) atoms. The molecule has 0 amide bonds. The van der Waals surface area contributed by atoms with E-state index < -0.39 is 5.97 Å². The average molecular weight is 236 g/mol. The van der Waals surface area contributed by atoms with Gasteiger partial charge in [0.25, 0.3) is 0 Å². The van der Waals surface area contributed by atoms with E-state index in [0.29, 0.717) is 11.4 Å². The van der Waals surface area contributed by atoms with Crippen LogP contribution in [0.1, 0.15) is 39.6 Å². The van der Waals surface area contributed by atoms with Crippen LogP contribution in [0.3, 0.4) is 0 Å². The fourth-order valence-electron chi connectivity index (χ4n) is 2.39. The lowest BCUT2D eigenvalue weighted by atomic mass is 10.0. The summed E-state index contributed by atoms with van der Waals surface area (Å²) in [6, 6.07) is 0. The smallest absolute Gasteiger partial charge is 0.354 e. The van der Waals surface area contributed by atoms with E-state index in [2.05, 4.69) is 4.98 Å². The maximum Gasteiger partial charge on any atom is 0.354 e. The molecular weight excluding hydrogens is 224 g/mol. The molecule has 2 heterocycles. The number of carboxylic acid groups (broad SMARTS) is 1. The zero-order chi connectivity index (χ0) is 11.3. The molecule has 0 atom stereocenters. The van der Waals surface area contributed by atoms with Crippen LogP contribution < -0.4 is 0 Å². The van der Waals surface area contributed by atoms with Crippen molar-refractivity contribution in [2.75, 3.05) is 0 Å². The third-order valence-electron chi connectivity index (χ3n) is 3.10. The number of carboxylic acids is 1. The van der Waals surface area contributed by atoms with Crippen molar-refractivity contribution in [2.24, 2.45) is 0 Å². The molecule has 84 valence electrons. The van der Waals surface area contributed by atoms with E-state index >= 15 is 0 Å². The molecular formula is C11H12N2O2S. The zero-order valence-corrected chi connectivity index (χ0v) is 9.80. The Hall–Kier alpha value is -1.36. The summed E-state index contributed by atoms with van der Waals surface area (Å²) in [4.78, 5) is 17.7. The Kier molecular flexibility index (Phi) is 2.04. The normalized spacial score (nSPS) is 15.3. The third-order valence-corrected chi connectivity index (χ3v) is 4.24. The van der Waals surface area contributed by atoms with E-state index in [1.54, 1.807) is 18.3 Å². The second-order valence-electron chi connectivity index (χ2n) is 4.15. The van der Waals surface area contributed by atoms with Gasteiger partial charge in [-0.05, 0) is 32.6 Å². The van der Waals surface area contributed by atoms with Gasteiger partial charge in [-0.25, -0.2) is 9.78 Å². The van der Waals surface area contributed by atoms with E-state index in [1.165, 1.54) is 17.0 Å². The highest BCUT2D eigenvalue weighted by atomic mass is 32.1. The van der Waals surface area contributed by atoms with E-state index in [-0.39, 0.29) is 0 Å². The average Bonchev–Trinajstić information content (AvgIpc) is 2.71. The molecule has 0 bridgehead atoms. The molecule has 2 aromatic heterocycles. The molecule has 1 aliphatic rings. The van der Waals surface area contributed by atoms with Crippen LogP contribution in [0.4, 0.5) is 0 Å². The molecule has 0 aliphatic heterocycles. The first-order chi connectivity index (χ1) is 7.68. The van der Waals surface area contributed by atoms with Gasteiger partial charge < -0.3 is 5.11 Å². The number of fused-ring (bicyclic) bond motifs is 3. The number of carbonyl (C=O) groups is 1. The number of aromatic nitrogens is 2. The van der Waals surface area contributed by atoms with Crippen LogP contribution in [-0.2, 0) is 12.8 Å². The van der Waals surface area contributed by atoms with Crippen molar-refractivity contribution in [1.82, 2.24) is 9.38 Å². The van der Waals surface area contributed by atoms with Crippen molar-refractivity contribution in [1.29, 1.82) is 0 Å². The van der Waals surface area contributed by atoms with Crippen molar-refractivity contribution in [3.63, 3.8) is 0 Å². The molecule has 0 aromatic carbocycles. The van der Waals surface area contributed by atoms with Crippen LogP contribution in [0.5, 0.6) is 0 Å². The van der Waals surface area contributed by atoms with E-state index in [9.17, 15) is 9.90 Å². The van der Waals surface area contributed by atoms with Gasteiger partial charge in [-0.3, -0.25) is 4.40 Å². The number of thiazole rings is 1. The quantitative estimate of drug-likeness (QED) is 0.826. The Morgan fingerprint density at radius 2 is 2.19 bits per heavy atom. The summed E-state index contributed by atoms with van der Waals surface area (Å²) in [5.74, 6) is -0.879. The maximum atomic E-state index is 11.2. The van der Waals surface area contributed by atoms with Crippen LogP contribution in [0.25, 0.3) is 4.96 Å². The summed E-state index contributed by atoms with van der Waals surface area (Å²) >= 11 is 1.64. The Morgan fingerprint density at radius 1 is 1.44 bits per heavy atom. The molecule has 1 N–H and O–H groups in total. The highest BCUT2D eigenvalue weighted by molar-refractivity contribution is 7.17. The summed E-state index contributed by atoms with van der Waals surface area (Å²) in [5.41, 5.74) is 2.13. The first-order valence-corrected chi connectivity index (χ1v) is 6.23. The molecule has 0 saturated carbocycles. The fraction of sp³-hybridized carbons (Fsp3) is 0.455. The Labute approximate surface area is 96.5 Å². The lowest BCUT2D eigenvalue weighted by Gasteiger charge is -2.10. The summed E-state index contributed by atoms with van der Waals surface area (Å²) < 4.78 is 1.84. The zero-order valence-electron chi connectivity index (χ0n) is 8.99. The van der Waals surface area contributed by atoms with E-state index in [4.69, 9.17) is 0 Å². The van der Waals surface area contributed by atoms with Crippen LogP contribution >= 0.6 is 11.3 Å². The number of aryl methyl sites for hydroxylation is 3. The predicted octanol–water partition coefficient (Wildman–Crippen LogP) is 2.28. The van der Waals surface area contributed by atoms with E-state index in [1.807, 2.05) is 4.40 Å². The molecule has 0 unspecified atom stereocenters. The standard InChI is InChI=1S/C11H12N2O2S/c1-6-9(10(14)15)13-7-4-2-3-5-8(7)16-11(13)12-6/h2-5H2,1H3,(H,14,15). The monoisotopic (exact) mass is 236 g/mol. The molecule has 2 aromatic rings. The molecule has 3 rings (SSSR count).